The van der Waals surface area contributed by atoms with Crippen LogP contribution in [0.5, 0.6) is 0 Å². The van der Waals surface area contributed by atoms with Crippen molar-refractivity contribution in [2.75, 3.05) is 32.1 Å². The van der Waals surface area contributed by atoms with Gasteiger partial charge in [0.1, 0.15) is 6.17 Å². The van der Waals surface area contributed by atoms with Gasteiger partial charge in [0.05, 0.1) is 30.0 Å². The number of amides is 1. The fraction of sp³-hybridized carbons (Fsp3) is 0.467. The molecule has 112 valence electrons. The molecule has 3 rings (SSSR count). The van der Waals surface area contributed by atoms with E-state index in [9.17, 15) is 9.18 Å². The summed E-state index contributed by atoms with van der Waals surface area (Å²) in [6.45, 7) is 4.31. The molecule has 0 saturated carbocycles. The highest BCUT2D eigenvalue weighted by atomic mass is 19.1. The van der Waals surface area contributed by atoms with E-state index in [1.807, 2.05) is 43.3 Å². The first-order valence-electron chi connectivity index (χ1n) is 6.98. The Bertz CT molecular complexity index is 716. The third-order valence-corrected chi connectivity index (χ3v) is 4.03. The van der Waals surface area contributed by atoms with E-state index >= 15 is 0 Å². The molecule has 0 bridgehead atoms. The van der Waals surface area contributed by atoms with E-state index in [4.69, 9.17) is 0 Å². The number of aromatic nitrogens is 2. The molecular weight excluding hydrogens is 271 g/mol. The molecule has 3 heterocycles. The van der Waals surface area contributed by atoms with E-state index in [1.165, 1.54) is 4.90 Å². The van der Waals surface area contributed by atoms with Crippen LogP contribution in [-0.2, 0) is 0 Å². The number of rotatable bonds is 2. The number of carbonyl (C=O) groups excluding carboxylic acids is 1. The largest absolute Gasteiger partial charge is 0.375 e. The van der Waals surface area contributed by atoms with Crippen molar-refractivity contribution in [2.24, 2.45) is 0 Å². The van der Waals surface area contributed by atoms with Crippen LogP contribution in [0, 0.1) is 13.8 Å². The molecule has 0 unspecified atom stereocenters. The minimum absolute atomic E-state index is 0.125. The third kappa shape index (κ3) is 2.14. The Morgan fingerprint density at radius 3 is 2.62 bits per heavy atom. The molecule has 6 heteroatoms. The van der Waals surface area contributed by atoms with E-state index < -0.39 is 6.17 Å². The highest BCUT2D eigenvalue weighted by molar-refractivity contribution is 5.96. The maximum atomic E-state index is 13.0. The SMILES string of the molecule is Cc1nc2c(N(C)C)cc(C(=O)N3CC(F)C3)cn2c1C. The zero-order valence-electron chi connectivity index (χ0n) is 12.7. The van der Waals surface area contributed by atoms with E-state index in [2.05, 4.69) is 4.98 Å². The quantitative estimate of drug-likeness (QED) is 0.847. The summed E-state index contributed by atoms with van der Waals surface area (Å²) in [5, 5.41) is 0. The van der Waals surface area contributed by atoms with Crippen molar-refractivity contribution in [1.82, 2.24) is 14.3 Å². The van der Waals surface area contributed by atoms with Gasteiger partial charge < -0.3 is 14.2 Å². The number of hydrogen-bond donors (Lipinski definition) is 0. The Balaban J connectivity index is 2.11. The van der Waals surface area contributed by atoms with Crippen molar-refractivity contribution >= 4 is 17.2 Å². The molecule has 0 atom stereocenters. The number of pyridine rings is 1. The predicted octanol–water partition coefficient (Wildman–Crippen LogP) is 1.81. The number of aryl methyl sites for hydroxylation is 2. The summed E-state index contributed by atoms with van der Waals surface area (Å²) in [5.41, 5.74) is 4.23. The van der Waals surface area contributed by atoms with Gasteiger partial charge in [0, 0.05) is 26.0 Å². The van der Waals surface area contributed by atoms with Crippen LogP contribution in [-0.4, -0.2) is 53.5 Å². The third-order valence-electron chi connectivity index (χ3n) is 4.03. The number of hydrogen-bond acceptors (Lipinski definition) is 3. The molecule has 1 aliphatic heterocycles. The monoisotopic (exact) mass is 290 g/mol. The van der Waals surface area contributed by atoms with Gasteiger partial charge in [-0.2, -0.15) is 0 Å². The van der Waals surface area contributed by atoms with Gasteiger partial charge in [-0.25, -0.2) is 9.37 Å². The smallest absolute Gasteiger partial charge is 0.255 e. The molecule has 1 saturated heterocycles. The highest BCUT2D eigenvalue weighted by Gasteiger charge is 2.31. The molecule has 0 aromatic carbocycles. The first-order valence-corrected chi connectivity index (χ1v) is 6.98. The van der Waals surface area contributed by atoms with Crippen LogP contribution in [0.4, 0.5) is 10.1 Å². The van der Waals surface area contributed by atoms with E-state index in [1.54, 1.807) is 6.20 Å². The topological polar surface area (TPSA) is 40.9 Å². The van der Waals surface area contributed by atoms with Crippen molar-refractivity contribution in [1.29, 1.82) is 0 Å². The molecule has 5 nitrogen and oxygen atoms in total. The van der Waals surface area contributed by atoms with Gasteiger partial charge in [0.15, 0.2) is 5.65 Å². The lowest BCUT2D eigenvalue weighted by molar-refractivity contribution is 0.0400. The lowest BCUT2D eigenvalue weighted by Gasteiger charge is -2.34. The molecule has 0 radical (unpaired) electrons. The molecule has 1 amide bonds. The van der Waals surface area contributed by atoms with Gasteiger partial charge in [0.25, 0.3) is 5.91 Å². The Hall–Kier alpha value is -2.11. The van der Waals surface area contributed by atoms with Gasteiger partial charge in [-0.1, -0.05) is 0 Å². The molecule has 0 N–H and O–H groups in total. The number of imidazole rings is 1. The lowest BCUT2D eigenvalue weighted by Crippen LogP contribution is -2.51. The van der Waals surface area contributed by atoms with E-state index in [0.29, 0.717) is 5.56 Å². The van der Waals surface area contributed by atoms with Crippen molar-refractivity contribution in [3.8, 4) is 0 Å². The summed E-state index contributed by atoms with van der Waals surface area (Å²) in [5.74, 6) is -0.125. The van der Waals surface area contributed by atoms with Crippen LogP contribution in [0.15, 0.2) is 12.3 Å². The Labute approximate surface area is 123 Å². The van der Waals surface area contributed by atoms with Gasteiger partial charge in [-0.3, -0.25) is 4.79 Å². The van der Waals surface area contributed by atoms with Crippen LogP contribution in [0.3, 0.4) is 0 Å². The second-order valence-corrected chi connectivity index (χ2v) is 5.79. The molecule has 2 aromatic rings. The standard InChI is InChI=1S/C15H19FN4O/c1-9-10(2)20-6-11(15(21)19-7-12(16)8-19)5-13(18(3)4)14(20)17-9/h5-6,12H,7-8H2,1-4H3. The predicted molar refractivity (Wildman–Crippen MR) is 79.8 cm³/mol. The van der Waals surface area contributed by atoms with Crippen LogP contribution in [0.1, 0.15) is 21.7 Å². The number of anilines is 1. The first-order chi connectivity index (χ1) is 9.88. The minimum Gasteiger partial charge on any atom is -0.375 e. The highest BCUT2D eigenvalue weighted by Crippen LogP contribution is 2.25. The van der Waals surface area contributed by atoms with Gasteiger partial charge >= 0.3 is 0 Å². The molecule has 0 spiro atoms. The average Bonchev–Trinajstić information content (AvgIpc) is 2.69. The zero-order chi connectivity index (χ0) is 15.3. The molecule has 21 heavy (non-hydrogen) atoms. The van der Waals surface area contributed by atoms with Crippen molar-refractivity contribution in [2.45, 2.75) is 20.0 Å². The summed E-state index contributed by atoms with van der Waals surface area (Å²) in [6, 6.07) is 1.83. The van der Waals surface area contributed by atoms with Crippen molar-refractivity contribution in [3.05, 3.63) is 29.2 Å². The molecule has 1 fully saturated rings. The summed E-state index contributed by atoms with van der Waals surface area (Å²) in [7, 11) is 3.84. The van der Waals surface area contributed by atoms with E-state index in [0.717, 1.165) is 22.7 Å². The molecular formula is C15H19FN4O. The first kappa shape index (κ1) is 13.9. The van der Waals surface area contributed by atoms with Gasteiger partial charge in [-0.15, -0.1) is 0 Å². The average molecular weight is 290 g/mol. The molecule has 1 aliphatic rings. The lowest BCUT2D eigenvalue weighted by atomic mass is 10.1. The second kappa shape index (κ2) is 4.72. The zero-order valence-corrected chi connectivity index (χ0v) is 12.7. The Morgan fingerprint density at radius 1 is 1.38 bits per heavy atom. The number of alkyl halides is 1. The van der Waals surface area contributed by atoms with Crippen LogP contribution in [0.2, 0.25) is 0 Å². The summed E-state index contributed by atoms with van der Waals surface area (Å²) < 4.78 is 14.9. The number of fused-ring (bicyclic) bond motifs is 1. The number of nitrogens with zero attached hydrogens (tertiary/aromatic N) is 4. The number of carbonyl (C=O) groups is 1. The maximum absolute atomic E-state index is 13.0. The summed E-state index contributed by atoms with van der Waals surface area (Å²) in [6.07, 6.45) is 0.911. The molecule has 0 aliphatic carbocycles. The van der Waals surface area contributed by atoms with Gasteiger partial charge in [-0.05, 0) is 19.9 Å². The van der Waals surface area contributed by atoms with Crippen LogP contribution in [0.25, 0.3) is 5.65 Å². The number of likely N-dealkylation sites (tertiary alicyclic amines) is 1. The van der Waals surface area contributed by atoms with Gasteiger partial charge in [0.2, 0.25) is 0 Å². The second-order valence-electron chi connectivity index (χ2n) is 5.79. The van der Waals surface area contributed by atoms with E-state index in [-0.39, 0.29) is 19.0 Å². The fourth-order valence-electron chi connectivity index (χ4n) is 2.57. The molecule has 2 aromatic heterocycles. The minimum atomic E-state index is -0.886. The summed E-state index contributed by atoms with van der Waals surface area (Å²) in [4.78, 5) is 20.4. The van der Waals surface area contributed by atoms with Crippen LogP contribution >= 0.6 is 0 Å². The summed E-state index contributed by atoms with van der Waals surface area (Å²) >= 11 is 0. The number of halogens is 1. The van der Waals surface area contributed by atoms with Crippen molar-refractivity contribution < 1.29 is 9.18 Å². The fourth-order valence-corrected chi connectivity index (χ4v) is 2.57. The Kier molecular flexibility index (Phi) is 3.11. The van der Waals surface area contributed by atoms with Crippen molar-refractivity contribution in [3.63, 3.8) is 0 Å². The maximum Gasteiger partial charge on any atom is 0.255 e. The van der Waals surface area contributed by atoms with Crippen LogP contribution < -0.4 is 4.90 Å². The normalized spacial score (nSPS) is 15.4. The Morgan fingerprint density at radius 2 is 2.05 bits per heavy atom.